The van der Waals surface area contributed by atoms with Crippen LogP contribution in [0.15, 0.2) is 48.7 Å². The van der Waals surface area contributed by atoms with E-state index in [4.69, 9.17) is 4.98 Å². The van der Waals surface area contributed by atoms with E-state index >= 15 is 0 Å². The van der Waals surface area contributed by atoms with Gasteiger partial charge in [0.2, 0.25) is 5.91 Å². The Bertz CT molecular complexity index is 889. The molecule has 0 saturated carbocycles. The second-order valence-electron chi connectivity index (χ2n) is 6.29. The highest BCUT2D eigenvalue weighted by Gasteiger charge is 2.29. The summed E-state index contributed by atoms with van der Waals surface area (Å²) in [4.78, 5) is 19.1. The number of fused-ring (bicyclic) bond motifs is 1. The molecule has 1 atom stereocenters. The van der Waals surface area contributed by atoms with E-state index in [1.165, 1.54) is 0 Å². The minimum absolute atomic E-state index is 0.0268. The van der Waals surface area contributed by atoms with Crippen LogP contribution >= 0.6 is 0 Å². The van der Waals surface area contributed by atoms with Gasteiger partial charge in [0.15, 0.2) is 5.65 Å². The van der Waals surface area contributed by atoms with Crippen molar-refractivity contribution in [1.29, 1.82) is 0 Å². The quantitative estimate of drug-likeness (QED) is 0.795. The fraction of sp³-hybridized carbons (Fsp3) is 0.316. The Morgan fingerprint density at radius 2 is 2.12 bits per heavy atom. The van der Waals surface area contributed by atoms with Gasteiger partial charge in [-0.05, 0) is 13.3 Å². The zero-order chi connectivity index (χ0) is 17.2. The number of hydrogen-bond donors (Lipinski definition) is 1. The second-order valence-corrected chi connectivity index (χ2v) is 6.29. The smallest absolute Gasteiger partial charge is 0.224 e. The summed E-state index contributed by atoms with van der Waals surface area (Å²) in [7, 11) is 0. The van der Waals surface area contributed by atoms with Gasteiger partial charge in [0.25, 0.3) is 0 Å². The number of benzene rings is 1. The minimum Gasteiger partial charge on any atom is -0.356 e. The van der Waals surface area contributed by atoms with E-state index in [0.29, 0.717) is 13.1 Å². The van der Waals surface area contributed by atoms with Gasteiger partial charge in [0.05, 0.1) is 17.8 Å². The van der Waals surface area contributed by atoms with Crippen LogP contribution in [0.1, 0.15) is 13.3 Å². The molecule has 0 bridgehead atoms. The lowest BCUT2D eigenvalue weighted by molar-refractivity contribution is -0.124. The van der Waals surface area contributed by atoms with Crippen molar-refractivity contribution in [1.82, 2.24) is 19.9 Å². The average molecular weight is 335 g/mol. The summed E-state index contributed by atoms with van der Waals surface area (Å²) < 4.78 is 1.85. The summed E-state index contributed by atoms with van der Waals surface area (Å²) >= 11 is 0. The third kappa shape index (κ3) is 2.95. The molecule has 3 aromatic rings. The van der Waals surface area contributed by atoms with Crippen molar-refractivity contribution in [3.8, 4) is 11.3 Å². The largest absolute Gasteiger partial charge is 0.356 e. The molecule has 3 heterocycles. The molecule has 0 unspecified atom stereocenters. The summed E-state index contributed by atoms with van der Waals surface area (Å²) in [6, 6.07) is 14.1. The maximum absolute atomic E-state index is 12.2. The van der Waals surface area contributed by atoms with E-state index < -0.39 is 0 Å². The Morgan fingerprint density at radius 1 is 1.28 bits per heavy atom. The third-order valence-electron chi connectivity index (χ3n) is 4.64. The molecule has 25 heavy (non-hydrogen) atoms. The van der Waals surface area contributed by atoms with Crippen molar-refractivity contribution >= 4 is 17.4 Å². The van der Waals surface area contributed by atoms with Gasteiger partial charge in [-0.2, -0.15) is 9.61 Å². The number of anilines is 1. The summed E-state index contributed by atoms with van der Waals surface area (Å²) in [5.41, 5.74) is 2.81. The molecule has 0 aliphatic carbocycles. The molecule has 0 spiro atoms. The van der Waals surface area contributed by atoms with E-state index in [1.54, 1.807) is 6.20 Å². The van der Waals surface area contributed by atoms with Crippen LogP contribution in [0.5, 0.6) is 0 Å². The first-order valence-corrected chi connectivity index (χ1v) is 8.69. The normalized spacial score (nSPS) is 17.2. The molecule has 4 rings (SSSR count). The van der Waals surface area contributed by atoms with Crippen molar-refractivity contribution < 1.29 is 4.79 Å². The first-order chi connectivity index (χ1) is 12.3. The van der Waals surface area contributed by atoms with E-state index in [9.17, 15) is 4.79 Å². The standard InChI is InChI=1S/C19H21N5O/c1-2-20-19(25)15-9-11-23(13-15)18-12-16(14-6-4-3-5-7-14)22-17-8-10-21-24(17)18/h3-8,10,12,15H,2,9,11,13H2,1H3,(H,20,25)/t15-/m0/s1. The number of amides is 1. The van der Waals surface area contributed by atoms with Crippen LogP contribution in [0.4, 0.5) is 5.82 Å². The molecular formula is C19H21N5O. The molecular weight excluding hydrogens is 314 g/mol. The number of carbonyl (C=O) groups excluding carboxylic acids is 1. The van der Waals surface area contributed by atoms with Gasteiger partial charge in [0, 0.05) is 37.3 Å². The molecule has 1 N–H and O–H groups in total. The van der Waals surface area contributed by atoms with Crippen LogP contribution in [-0.4, -0.2) is 40.1 Å². The minimum atomic E-state index is 0.0268. The van der Waals surface area contributed by atoms with Gasteiger partial charge in [0.1, 0.15) is 5.82 Å². The lowest BCUT2D eigenvalue weighted by Gasteiger charge is -2.20. The van der Waals surface area contributed by atoms with Crippen LogP contribution in [-0.2, 0) is 4.79 Å². The summed E-state index contributed by atoms with van der Waals surface area (Å²) in [6.45, 7) is 4.17. The average Bonchev–Trinajstić information content (AvgIpc) is 3.31. The Balaban J connectivity index is 1.70. The highest BCUT2D eigenvalue weighted by Crippen LogP contribution is 2.28. The highest BCUT2D eigenvalue weighted by molar-refractivity contribution is 5.80. The van der Waals surface area contributed by atoms with Gasteiger partial charge in [-0.1, -0.05) is 30.3 Å². The predicted octanol–water partition coefficient (Wildman–Crippen LogP) is 2.36. The zero-order valence-corrected chi connectivity index (χ0v) is 14.2. The second kappa shape index (κ2) is 6.55. The van der Waals surface area contributed by atoms with Crippen molar-refractivity contribution in [2.45, 2.75) is 13.3 Å². The molecule has 1 fully saturated rings. The molecule has 1 aliphatic rings. The molecule has 0 radical (unpaired) electrons. The van der Waals surface area contributed by atoms with Crippen LogP contribution in [0.3, 0.4) is 0 Å². The highest BCUT2D eigenvalue weighted by atomic mass is 16.1. The van der Waals surface area contributed by atoms with Crippen molar-refractivity contribution in [3.63, 3.8) is 0 Å². The lowest BCUT2D eigenvalue weighted by Crippen LogP contribution is -2.33. The lowest BCUT2D eigenvalue weighted by atomic mass is 10.1. The van der Waals surface area contributed by atoms with Gasteiger partial charge < -0.3 is 10.2 Å². The summed E-state index contributed by atoms with van der Waals surface area (Å²) in [5, 5.41) is 7.34. The Labute approximate surface area is 146 Å². The topological polar surface area (TPSA) is 62.5 Å². The molecule has 2 aromatic heterocycles. The monoisotopic (exact) mass is 335 g/mol. The number of carbonyl (C=O) groups is 1. The Kier molecular flexibility index (Phi) is 4.09. The first-order valence-electron chi connectivity index (χ1n) is 8.69. The van der Waals surface area contributed by atoms with E-state index in [2.05, 4.69) is 33.5 Å². The van der Waals surface area contributed by atoms with E-state index in [-0.39, 0.29) is 11.8 Å². The van der Waals surface area contributed by atoms with Gasteiger partial charge >= 0.3 is 0 Å². The Morgan fingerprint density at radius 3 is 2.92 bits per heavy atom. The fourth-order valence-electron chi connectivity index (χ4n) is 3.38. The number of aromatic nitrogens is 3. The van der Waals surface area contributed by atoms with Crippen LogP contribution in [0.2, 0.25) is 0 Å². The van der Waals surface area contributed by atoms with Crippen molar-refractivity contribution in [3.05, 3.63) is 48.7 Å². The number of hydrogen-bond acceptors (Lipinski definition) is 4. The van der Waals surface area contributed by atoms with Gasteiger partial charge in [-0.3, -0.25) is 4.79 Å². The van der Waals surface area contributed by atoms with Crippen LogP contribution in [0, 0.1) is 5.92 Å². The van der Waals surface area contributed by atoms with E-state index in [1.807, 2.05) is 35.7 Å². The van der Waals surface area contributed by atoms with Gasteiger partial charge in [-0.15, -0.1) is 0 Å². The van der Waals surface area contributed by atoms with E-state index in [0.717, 1.165) is 35.7 Å². The maximum Gasteiger partial charge on any atom is 0.224 e. The Hall–Kier alpha value is -2.89. The molecule has 1 aliphatic heterocycles. The van der Waals surface area contributed by atoms with Crippen LogP contribution < -0.4 is 10.2 Å². The predicted molar refractivity (Wildman–Crippen MR) is 97.4 cm³/mol. The molecule has 6 nitrogen and oxygen atoms in total. The maximum atomic E-state index is 12.2. The van der Waals surface area contributed by atoms with Crippen LogP contribution in [0.25, 0.3) is 16.9 Å². The number of rotatable bonds is 4. The third-order valence-corrected chi connectivity index (χ3v) is 4.64. The first kappa shape index (κ1) is 15.6. The molecule has 128 valence electrons. The molecule has 1 amide bonds. The van der Waals surface area contributed by atoms with Crippen molar-refractivity contribution in [2.75, 3.05) is 24.5 Å². The SMILES string of the molecule is CCNC(=O)[C@H]1CCN(c2cc(-c3ccccc3)nc3ccnn23)C1. The number of nitrogens with one attached hydrogen (secondary N) is 1. The summed E-state index contributed by atoms with van der Waals surface area (Å²) in [5.74, 6) is 1.15. The molecule has 6 heteroatoms. The molecule has 1 aromatic carbocycles. The fourth-order valence-corrected chi connectivity index (χ4v) is 3.38. The number of nitrogens with zero attached hydrogens (tertiary/aromatic N) is 4. The van der Waals surface area contributed by atoms with Gasteiger partial charge in [-0.25, -0.2) is 4.98 Å². The summed E-state index contributed by atoms with van der Waals surface area (Å²) in [6.07, 6.45) is 2.62. The molecule has 1 saturated heterocycles. The zero-order valence-electron chi connectivity index (χ0n) is 14.2. The van der Waals surface area contributed by atoms with Crippen molar-refractivity contribution in [2.24, 2.45) is 5.92 Å².